The lowest BCUT2D eigenvalue weighted by molar-refractivity contribution is -0.144. The Morgan fingerprint density at radius 2 is 2.41 bits per heavy atom. The van der Waals surface area contributed by atoms with E-state index in [4.69, 9.17) is 4.74 Å². The van der Waals surface area contributed by atoms with Gasteiger partial charge in [0.1, 0.15) is 18.7 Å². The molecule has 0 aliphatic rings. The van der Waals surface area contributed by atoms with Gasteiger partial charge in [0.25, 0.3) is 0 Å². The summed E-state index contributed by atoms with van der Waals surface area (Å²) in [5.41, 5.74) is 0. The highest BCUT2D eigenvalue weighted by Gasteiger charge is 2.08. The van der Waals surface area contributed by atoms with Gasteiger partial charge in [0.15, 0.2) is 0 Å². The molecule has 0 aromatic carbocycles. The van der Waals surface area contributed by atoms with E-state index in [1.807, 2.05) is 6.92 Å². The topological polar surface area (TPSA) is 61.2 Å². The SMILES string of the molecule is CCCCOC(=O)Cn1ccnc1CCC=O. The predicted octanol–water partition coefficient (Wildman–Crippen LogP) is 1.36. The molecule has 1 rings (SSSR count). The van der Waals surface area contributed by atoms with Crippen molar-refractivity contribution in [1.29, 1.82) is 0 Å². The number of ether oxygens (including phenoxy) is 1. The van der Waals surface area contributed by atoms with Crippen LogP contribution in [0.1, 0.15) is 32.0 Å². The summed E-state index contributed by atoms with van der Waals surface area (Å²) in [6.45, 7) is 2.67. The van der Waals surface area contributed by atoms with Crippen molar-refractivity contribution in [1.82, 2.24) is 9.55 Å². The maximum absolute atomic E-state index is 11.5. The number of aldehydes is 1. The van der Waals surface area contributed by atoms with Crippen LogP contribution in [0, 0.1) is 0 Å². The number of unbranched alkanes of at least 4 members (excludes halogenated alkanes) is 1. The second kappa shape index (κ2) is 7.60. The minimum atomic E-state index is -0.260. The van der Waals surface area contributed by atoms with Gasteiger partial charge in [-0.25, -0.2) is 4.98 Å². The van der Waals surface area contributed by atoms with E-state index >= 15 is 0 Å². The van der Waals surface area contributed by atoms with Gasteiger partial charge in [-0.2, -0.15) is 0 Å². The lowest BCUT2D eigenvalue weighted by Crippen LogP contribution is -2.15. The van der Waals surface area contributed by atoms with E-state index < -0.39 is 0 Å². The van der Waals surface area contributed by atoms with Gasteiger partial charge in [-0.3, -0.25) is 4.79 Å². The Kier molecular flexibility index (Phi) is 5.99. The Bertz CT molecular complexity index is 360. The number of carbonyl (C=O) groups excluding carboxylic acids is 2. The smallest absolute Gasteiger partial charge is 0.325 e. The molecule has 0 spiro atoms. The lowest BCUT2D eigenvalue weighted by Gasteiger charge is -2.07. The molecule has 0 bridgehead atoms. The minimum absolute atomic E-state index is 0.165. The van der Waals surface area contributed by atoms with E-state index in [1.54, 1.807) is 17.0 Å². The van der Waals surface area contributed by atoms with E-state index in [1.165, 1.54) is 0 Å². The zero-order valence-electron chi connectivity index (χ0n) is 10.1. The van der Waals surface area contributed by atoms with E-state index in [2.05, 4.69) is 4.98 Å². The van der Waals surface area contributed by atoms with Crippen LogP contribution < -0.4 is 0 Å². The van der Waals surface area contributed by atoms with Gasteiger partial charge >= 0.3 is 5.97 Å². The molecule has 0 N–H and O–H groups in total. The number of imidazole rings is 1. The zero-order valence-corrected chi connectivity index (χ0v) is 10.1. The summed E-state index contributed by atoms with van der Waals surface area (Å²) in [6, 6.07) is 0. The number of nitrogens with zero attached hydrogens (tertiary/aromatic N) is 2. The number of hydrogen-bond donors (Lipinski definition) is 0. The molecule has 1 heterocycles. The predicted molar refractivity (Wildman–Crippen MR) is 62.5 cm³/mol. The molecular weight excluding hydrogens is 220 g/mol. The first-order chi connectivity index (χ1) is 8.27. The minimum Gasteiger partial charge on any atom is -0.464 e. The van der Waals surface area contributed by atoms with Crippen LogP contribution in [0.25, 0.3) is 0 Å². The van der Waals surface area contributed by atoms with Gasteiger partial charge in [0.05, 0.1) is 6.61 Å². The number of hydrogen-bond acceptors (Lipinski definition) is 4. The van der Waals surface area contributed by atoms with E-state index in [0.717, 1.165) is 25.0 Å². The first-order valence-electron chi connectivity index (χ1n) is 5.87. The van der Waals surface area contributed by atoms with Crippen molar-refractivity contribution in [2.45, 2.75) is 39.2 Å². The number of esters is 1. The van der Waals surface area contributed by atoms with Crippen LogP contribution in [-0.2, 0) is 27.3 Å². The highest BCUT2D eigenvalue weighted by atomic mass is 16.5. The van der Waals surface area contributed by atoms with Crippen LogP contribution in [0.3, 0.4) is 0 Å². The van der Waals surface area contributed by atoms with Crippen molar-refractivity contribution in [3.05, 3.63) is 18.2 Å². The molecule has 5 heteroatoms. The van der Waals surface area contributed by atoms with Crippen molar-refractivity contribution < 1.29 is 14.3 Å². The van der Waals surface area contributed by atoms with Crippen LogP contribution in [0.4, 0.5) is 0 Å². The fourth-order valence-corrected chi connectivity index (χ4v) is 1.42. The second-order valence-electron chi connectivity index (χ2n) is 3.75. The summed E-state index contributed by atoms with van der Waals surface area (Å²) < 4.78 is 6.78. The maximum Gasteiger partial charge on any atom is 0.325 e. The van der Waals surface area contributed by atoms with Gasteiger partial charge in [-0.1, -0.05) is 13.3 Å². The molecule has 0 unspecified atom stereocenters. The van der Waals surface area contributed by atoms with Crippen molar-refractivity contribution >= 4 is 12.3 Å². The van der Waals surface area contributed by atoms with Crippen molar-refractivity contribution in [2.75, 3.05) is 6.61 Å². The van der Waals surface area contributed by atoms with E-state index in [9.17, 15) is 9.59 Å². The largest absolute Gasteiger partial charge is 0.464 e. The fourth-order valence-electron chi connectivity index (χ4n) is 1.42. The molecular formula is C12H18N2O3. The van der Waals surface area contributed by atoms with Gasteiger partial charge in [0.2, 0.25) is 0 Å². The Morgan fingerprint density at radius 3 is 3.12 bits per heavy atom. The average Bonchev–Trinajstić information content (AvgIpc) is 2.74. The molecule has 0 amide bonds. The summed E-state index contributed by atoms with van der Waals surface area (Å²) in [5, 5.41) is 0. The first-order valence-corrected chi connectivity index (χ1v) is 5.87. The molecule has 94 valence electrons. The van der Waals surface area contributed by atoms with Crippen molar-refractivity contribution in [3.63, 3.8) is 0 Å². The van der Waals surface area contributed by atoms with Crippen LogP contribution in [0.2, 0.25) is 0 Å². The third-order valence-corrected chi connectivity index (χ3v) is 2.35. The Hall–Kier alpha value is -1.65. The van der Waals surface area contributed by atoms with E-state index in [-0.39, 0.29) is 12.5 Å². The normalized spacial score (nSPS) is 10.2. The average molecular weight is 238 g/mol. The Balaban J connectivity index is 2.41. The summed E-state index contributed by atoms with van der Waals surface area (Å²) in [5.74, 6) is 0.480. The zero-order chi connectivity index (χ0) is 12.5. The second-order valence-corrected chi connectivity index (χ2v) is 3.75. The summed E-state index contributed by atoms with van der Waals surface area (Å²) >= 11 is 0. The standard InChI is InChI=1S/C12H18N2O3/c1-2-3-9-17-12(16)10-14-7-6-13-11(14)5-4-8-15/h6-8H,2-5,9-10H2,1H3. The van der Waals surface area contributed by atoms with Crippen molar-refractivity contribution in [2.24, 2.45) is 0 Å². The molecule has 5 nitrogen and oxygen atoms in total. The number of rotatable bonds is 8. The van der Waals surface area contributed by atoms with Crippen LogP contribution in [-0.4, -0.2) is 28.4 Å². The highest BCUT2D eigenvalue weighted by molar-refractivity contribution is 5.69. The monoisotopic (exact) mass is 238 g/mol. The van der Waals surface area contributed by atoms with Crippen LogP contribution in [0.5, 0.6) is 0 Å². The molecule has 1 aromatic heterocycles. The molecule has 0 radical (unpaired) electrons. The quantitative estimate of drug-likeness (QED) is 0.390. The molecule has 0 saturated heterocycles. The molecule has 0 atom stereocenters. The molecule has 0 aliphatic heterocycles. The maximum atomic E-state index is 11.5. The van der Waals surface area contributed by atoms with Gasteiger partial charge in [-0.05, 0) is 6.42 Å². The van der Waals surface area contributed by atoms with Crippen LogP contribution >= 0.6 is 0 Å². The van der Waals surface area contributed by atoms with Gasteiger partial charge in [0, 0.05) is 25.2 Å². The summed E-state index contributed by atoms with van der Waals surface area (Å²) in [4.78, 5) is 25.8. The number of carbonyl (C=O) groups is 2. The lowest BCUT2D eigenvalue weighted by atomic mass is 10.3. The van der Waals surface area contributed by atoms with Gasteiger partial charge in [-0.15, -0.1) is 0 Å². The first kappa shape index (κ1) is 13.4. The third-order valence-electron chi connectivity index (χ3n) is 2.35. The molecule has 17 heavy (non-hydrogen) atoms. The third kappa shape index (κ3) is 4.80. The molecule has 1 aromatic rings. The Labute approximate surface area is 101 Å². The van der Waals surface area contributed by atoms with Crippen LogP contribution in [0.15, 0.2) is 12.4 Å². The summed E-state index contributed by atoms with van der Waals surface area (Å²) in [6.07, 6.45) is 7.05. The molecule has 0 aliphatic carbocycles. The number of aryl methyl sites for hydroxylation is 1. The van der Waals surface area contributed by atoms with E-state index in [0.29, 0.717) is 19.4 Å². The highest BCUT2D eigenvalue weighted by Crippen LogP contribution is 2.01. The van der Waals surface area contributed by atoms with Gasteiger partial charge < -0.3 is 14.1 Å². The van der Waals surface area contributed by atoms with Crippen molar-refractivity contribution in [3.8, 4) is 0 Å². The number of aromatic nitrogens is 2. The molecule has 0 fully saturated rings. The molecule has 0 saturated carbocycles. The Morgan fingerprint density at radius 1 is 1.59 bits per heavy atom. The summed E-state index contributed by atoms with van der Waals surface area (Å²) in [7, 11) is 0. The fraction of sp³-hybridized carbons (Fsp3) is 0.583.